The Balaban J connectivity index is 0.000000845. The van der Waals surface area contributed by atoms with Gasteiger partial charge in [0.05, 0.1) is 11.7 Å². The van der Waals surface area contributed by atoms with E-state index in [-0.39, 0.29) is 24.8 Å². The molecule has 1 aromatic heterocycles. The molecule has 0 amide bonds. The predicted octanol–water partition coefficient (Wildman–Crippen LogP) is 3.03. The summed E-state index contributed by atoms with van der Waals surface area (Å²) in [6.45, 7) is 5.39. The summed E-state index contributed by atoms with van der Waals surface area (Å²) in [5, 5.41) is 4.74. The maximum absolute atomic E-state index is 4.55. The third-order valence-corrected chi connectivity index (χ3v) is 3.59. The van der Waals surface area contributed by atoms with Crippen LogP contribution in [0.4, 0.5) is 0 Å². The lowest BCUT2D eigenvalue weighted by Gasteiger charge is -2.03. The Morgan fingerprint density at radius 1 is 1.36 bits per heavy atom. The van der Waals surface area contributed by atoms with E-state index >= 15 is 0 Å². The van der Waals surface area contributed by atoms with E-state index in [1.54, 1.807) is 0 Å². The Bertz CT molecular complexity index is 263. The van der Waals surface area contributed by atoms with Crippen LogP contribution in [0.15, 0.2) is 0 Å². The summed E-state index contributed by atoms with van der Waals surface area (Å²) >= 11 is 1.84. The fourth-order valence-electron chi connectivity index (χ4n) is 1.54. The maximum atomic E-state index is 4.55. The molecule has 0 radical (unpaired) electrons. The van der Waals surface area contributed by atoms with Crippen molar-refractivity contribution in [1.29, 1.82) is 0 Å². The van der Waals surface area contributed by atoms with Crippen LogP contribution in [-0.2, 0) is 0 Å². The van der Waals surface area contributed by atoms with Gasteiger partial charge in [0.25, 0.3) is 0 Å². The van der Waals surface area contributed by atoms with Crippen LogP contribution in [0.3, 0.4) is 0 Å². The molecule has 0 saturated carbocycles. The number of thiazole rings is 1. The van der Waals surface area contributed by atoms with Gasteiger partial charge in [0.1, 0.15) is 5.01 Å². The first-order valence-corrected chi connectivity index (χ1v) is 5.26. The van der Waals surface area contributed by atoms with Crippen molar-refractivity contribution in [3.63, 3.8) is 0 Å². The van der Waals surface area contributed by atoms with Gasteiger partial charge in [-0.25, -0.2) is 4.98 Å². The summed E-state index contributed by atoms with van der Waals surface area (Å²) in [6, 6.07) is 0.544. The first-order chi connectivity index (χ1) is 5.77. The van der Waals surface area contributed by atoms with Crippen molar-refractivity contribution in [3.05, 3.63) is 15.6 Å². The molecule has 1 atom stereocenters. The minimum absolute atomic E-state index is 0. The summed E-state index contributed by atoms with van der Waals surface area (Å²) in [4.78, 5) is 5.91. The van der Waals surface area contributed by atoms with Crippen molar-refractivity contribution in [2.24, 2.45) is 0 Å². The number of aromatic nitrogens is 1. The molecule has 0 spiro atoms. The van der Waals surface area contributed by atoms with E-state index in [0.717, 1.165) is 6.54 Å². The van der Waals surface area contributed by atoms with Gasteiger partial charge in [0.15, 0.2) is 0 Å². The molecule has 0 aliphatic carbocycles. The lowest BCUT2D eigenvalue weighted by molar-refractivity contribution is 0.641. The molecule has 14 heavy (non-hydrogen) atoms. The van der Waals surface area contributed by atoms with E-state index < -0.39 is 0 Å². The van der Waals surface area contributed by atoms with Gasteiger partial charge in [0.2, 0.25) is 0 Å². The first kappa shape index (κ1) is 14.2. The molecule has 2 nitrogen and oxygen atoms in total. The minimum atomic E-state index is 0. The Morgan fingerprint density at radius 3 is 2.50 bits per heavy atom. The molecule has 1 N–H and O–H groups in total. The summed E-state index contributed by atoms with van der Waals surface area (Å²) in [5.41, 5.74) is 1.20. The topological polar surface area (TPSA) is 24.9 Å². The molecule has 2 heterocycles. The smallest absolute Gasteiger partial charge is 0.110 e. The van der Waals surface area contributed by atoms with Crippen molar-refractivity contribution in [1.82, 2.24) is 10.3 Å². The van der Waals surface area contributed by atoms with Crippen molar-refractivity contribution >= 4 is 36.2 Å². The highest BCUT2D eigenvalue weighted by molar-refractivity contribution is 7.11. The van der Waals surface area contributed by atoms with Gasteiger partial charge in [-0.3, -0.25) is 0 Å². The summed E-state index contributed by atoms with van der Waals surface area (Å²) in [5.74, 6) is 0. The lowest BCUT2D eigenvalue weighted by atomic mass is 10.2. The van der Waals surface area contributed by atoms with E-state index in [4.69, 9.17) is 0 Å². The van der Waals surface area contributed by atoms with Crippen molar-refractivity contribution in [2.45, 2.75) is 32.7 Å². The molecule has 0 aromatic carbocycles. The van der Waals surface area contributed by atoms with Gasteiger partial charge < -0.3 is 5.32 Å². The highest BCUT2D eigenvalue weighted by Gasteiger charge is 2.19. The van der Waals surface area contributed by atoms with Gasteiger partial charge in [-0.15, -0.1) is 36.2 Å². The third kappa shape index (κ3) is 2.83. The van der Waals surface area contributed by atoms with E-state index in [9.17, 15) is 0 Å². The number of rotatable bonds is 1. The number of nitrogens with zero attached hydrogens (tertiary/aromatic N) is 1. The van der Waals surface area contributed by atoms with E-state index in [2.05, 4.69) is 24.1 Å². The summed E-state index contributed by atoms with van der Waals surface area (Å²) in [6.07, 6.45) is 2.55. The fourth-order valence-corrected chi connectivity index (χ4v) is 2.57. The maximum Gasteiger partial charge on any atom is 0.110 e. The molecular weight excluding hydrogens is 239 g/mol. The predicted molar refractivity (Wildman–Crippen MR) is 66.1 cm³/mol. The lowest BCUT2D eigenvalue weighted by Crippen LogP contribution is -2.12. The van der Waals surface area contributed by atoms with Crippen LogP contribution >= 0.6 is 36.2 Å². The second kappa shape index (κ2) is 5.91. The number of aryl methyl sites for hydroxylation is 2. The molecule has 1 aliphatic heterocycles. The van der Waals surface area contributed by atoms with Gasteiger partial charge in [0, 0.05) is 4.88 Å². The zero-order chi connectivity index (χ0) is 8.55. The van der Waals surface area contributed by atoms with E-state index in [0.29, 0.717) is 6.04 Å². The molecule has 2 rings (SSSR count). The molecule has 1 fully saturated rings. The first-order valence-electron chi connectivity index (χ1n) is 4.44. The molecule has 0 bridgehead atoms. The largest absolute Gasteiger partial charge is 0.308 e. The monoisotopic (exact) mass is 254 g/mol. The second-order valence-electron chi connectivity index (χ2n) is 3.34. The molecule has 1 aromatic rings. The van der Waals surface area contributed by atoms with Crippen molar-refractivity contribution in [3.8, 4) is 0 Å². The normalized spacial score (nSPS) is 20.0. The van der Waals surface area contributed by atoms with Crippen LogP contribution in [0.25, 0.3) is 0 Å². The van der Waals surface area contributed by atoms with Crippen LogP contribution in [0.5, 0.6) is 0 Å². The average molecular weight is 255 g/mol. The Morgan fingerprint density at radius 2 is 2.07 bits per heavy atom. The molecule has 1 aliphatic rings. The molecule has 1 unspecified atom stereocenters. The van der Waals surface area contributed by atoms with Crippen LogP contribution in [0.1, 0.15) is 34.5 Å². The molecule has 5 heteroatoms. The minimum Gasteiger partial charge on any atom is -0.308 e. The third-order valence-electron chi connectivity index (χ3n) is 2.40. The molecule has 1 saturated heterocycles. The number of hydrogen-bond acceptors (Lipinski definition) is 3. The van der Waals surface area contributed by atoms with E-state index in [1.165, 1.54) is 28.4 Å². The second-order valence-corrected chi connectivity index (χ2v) is 4.58. The fraction of sp³-hybridized carbons (Fsp3) is 0.667. The van der Waals surface area contributed by atoms with Gasteiger partial charge >= 0.3 is 0 Å². The molecular formula is C9H16Cl2N2S. The average Bonchev–Trinajstić information content (AvgIpc) is 2.61. The van der Waals surface area contributed by atoms with Crippen LogP contribution in [-0.4, -0.2) is 11.5 Å². The van der Waals surface area contributed by atoms with Crippen molar-refractivity contribution in [2.75, 3.05) is 6.54 Å². The van der Waals surface area contributed by atoms with Gasteiger partial charge in [-0.05, 0) is 33.2 Å². The Labute approximate surface area is 101 Å². The quantitative estimate of drug-likeness (QED) is 0.834. The molecule has 82 valence electrons. The van der Waals surface area contributed by atoms with Gasteiger partial charge in [-0.2, -0.15) is 0 Å². The highest BCUT2D eigenvalue weighted by atomic mass is 35.5. The van der Waals surface area contributed by atoms with Crippen molar-refractivity contribution < 1.29 is 0 Å². The van der Waals surface area contributed by atoms with E-state index in [1.807, 2.05) is 11.3 Å². The van der Waals surface area contributed by atoms with Crippen LogP contribution in [0, 0.1) is 13.8 Å². The SMILES string of the molecule is Cc1nc(C2CCCN2)sc1C.Cl.Cl. The zero-order valence-corrected chi connectivity index (χ0v) is 10.8. The number of hydrogen-bond donors (Lipinski definition) is 1. The van der Waals surface area contributed by atoms with Crippen LogP contribution in [0.2, 0.25) is 0 Å². The zero-order valence-electron chi connectivity index (χ0n) is 8.37. The summed E-state index contributed by atoms with van der Waals surface area (Å²) in [7, 11) is 0. The van der Waals surface area contributed by atoms with Gasteiger partial charge in [-0.1, -0.05) is 0 Å². The number of halogens is 2. The highest BCUT2D eigenvalue weighted by Crippen LogP contribution is 2.28. The number of nitrogens with one attached hydrogen (secondary N) is 1. The van der Waals surface area contributed by atoms with Crippen LogP contribution < -0.4 is 5.32 Å². The Hall–Kier alpha value is 0.170. The standard InChI is InChI=1S/C9H14N2S.2ClH/c1-6-7(2)12-9(11-6)8-4-3-5-10-8;;/h8,10H,3-5H2,1-2H3;2*1H. The summed E-state index contributed by atoms with van der Waals surface area (Å²) < 4.78 is 0. The Kier molecular flexibility index (Phi) is 5.98.